The number of aromatic nitrogens is 1. The van der Waals surface area contributed by atoms with Gasteiger partial charge in [-0.1, -0.05) is 71.5 Å². The average molecular weight is 919 g/mol. The molecule has 0 saturated carbocycles. The van der Waals surface area contributed by atoms with Crippen molar-refractivity contribution in [3.05, 3.63) is 145 Å². The second kappa shape index (κ2) is 15.5. The predicted molar refractivity (Wildman–Crippen MR) is 208 cm³/mol. The number of methoxy groups -OCH3 is 2. The molecule has 4 aromatic carbocycles. The Balaban J connectivity index is 1.58. The first kappa shape index (κ1) is 35.2. The highest BCUT2D eigenvalue weighted by Crippen LogP contribution is 2.38. The Bertz CT molecular complexity index is 2270. The maximum atomic E-state index is 14.5. The molecule has 1 aromatic heterocycles. The smallest absolute Gasteiger partial charge is 0.338 e. The fourth-order valence-corrected chi connectivity index (χ4v) is 8.79. The number of hydrogen-bond donors (Lipinski definition) is 0. The van der Waals surface area contributed by atoms with Crippen LogP contribution in [0.15, 0.2) is 100 Å². The van der Waals surface area contributed by atoms with Gasteiger partial charge in [0, 0.05) is 19.7 Å². The van der Waals surface area contributed by atoms with Crippen LogP contribution in [0.1, 0.15) is 35.2 Å². The number of ether oxygens (including phenoxy) is 4. The van der Waals surface area contributed by atoms with E-state index >= 15 is 0 Å². The Hall–Kier alpha value is -3.66. The second-order valence-electron chi connectivity index (χ2n) is 10.8. The summed E-state index contributed by atoms with van der Waals surface area (Å²) in [5.74, 6) is 1.05. The molecule has 0 bridgehead atoms. The first-order chi connectivity index (χ1) is 23.7. The maximum Gasteiger partial charge on any atom is 0.338 e. The third-order valence-electron chi connectivity index (χ3n) is 7.69. The molecule has 0 radical (unpaired) electrons. The first-order valence-corrected chi connectivity index (χ1v) is 18.4. The zero-order chi connectivity index (χ0) is 34.7. The van der Waals surface area contributed by atoms with E-state index in [1.54, 1.807) is 37.8 Å². The summed E-state index contributed by atoms with van der Waals surface area (Å²) in [6, 6.07) is 25.4. The average Bonchev–Trinajstić information content (AvgIpc) is 3.41. The van der Waals surface area contributed by atoms with Gasteiger partial charge in [-0.2, -0.15) is 0 Å². The van der Waals surface area contributed by atoms with E-state index in [0.717, 1.165) is 23.8 Å². The zero-order valence-electron chi connectivity index (χ0n) is 26.5. The summed E-state index contributed by atoms with van der Waals surface area (Å²) < 4.78 is 26.9. The van der Waals surface area contributed by atoms with Crippen molar-refractivity contribution in [2.45, 2.75) is 19.6 Å². The van der Waals surface area contributed by atoms with Crippen LogP contribution >= 0.6 is 68.1 Å². The van der Waals surface area contributed by atoms with E-state index in [9.17, 15) is 9.59 Å². The Kier molecular flexibility index (Phi) is 11.1. The molecular formula is C37H29ClI2N2O6S. The van der Waals surface area contributed by atoms with Gasteiger partial charge in [0.1, 0.15) is 12.4 Å². The molecule has 12 heteroatoms. The standard InChI is InChI=1S/C37H29ClI2N2O6S/c1-4-47-36(44)31-32(22-10-6-5-7-11-22)41-37-42(33(31)23-13-14-28(45-2)29(17-23)46-3)35(43)30(49-37)18-24-16-26(39)19-27(40)34(24)48-20-21-9-8-12-25(38)15-21/h5-19,33H,4,20H2,1-3H3/b30-18-/t33-/m1/s1. The van der Waals surface area contributed by atoms with Gasteiger partial charge in [0.2, 0.25) is 0 Å². The van der Waals surface area contributed by atoms with Gasteiger partial charge in [-0.15, -0.1) is 0 Å². The van der Waals surface area contributed by atoms with Crippen molar-refractivity contribution >= 4 is 85.9 Å². The summed E-state index contributed by atoms with van der Waals surface area (Å²) in [5.41, 5.74) is 3.37. The molecule has 8 nitrogen and oxygen atoms in total. The van der Waals surface area contributed by atoms with E-state index < -0.39 is 12.0 Å². The number of rotatable bonds is 10. The van der Waals surface area contributed by atoms with Crippen LogP contribution in [0.4, 0.5) is 0 Å². The van der Waals surface area contributed by atoms with E-state index in [1.165, 1.54) is 11.3 Å². The Morgan fingerprint density at radius 2 is 1.76 bits per heavy atom. The van der Waals surface area contributed by atoms with Gasteiger partial charge in [0.05, 0.1) is 46.2 Å². The van der Waals surface area contributed by atoms with E-state index in [1.807, 2.05) is 78.9 Å². The molecule has 0 unspecified atom stereocenters. The Morgan fingerprint density at radius 1 is 0.980 bits per heavy atom. The summed E-state index contributed by atoms with van der Waals surface area (Å²) in [6.07, 6.45) is 1.82. The number of benzene rings is 4. The third-order valence-corrected chi connectivity index (χ3v) is 10.3. The predicted octanol–water partition coefficient (Wildman–Crippen LogP) is 7.39. The van der Waals surface area contributed by atoms with Gasteiger partial charge in [-0.3, -0.25) is 9.36 Å². The maximum absolute atomic E-state index is 14.5. The molecule has 0 amide bonds. The molecule has 1 atom stereocenters. The van der Waals surface area contributed by atoms with E-state index in [4.69, 9.17) is 35.5 Å². The highest BCUT2D eigenvalue weighted by molar-refractivity contribution is 14.1. The number of esters is 1. The highest BCUT2D eigenvalue weighted by Gasteiger charge is 2.35. The molecule has 0 N–H and O–H groups in total. The molecule has 5 aromatic rings. The molecule has 2 heterocycles. The van der Waals surface area contributed by atoms with Gasteiger partial charge in [-0.25, -0.2) is 9.79 Å². The lowest BCUT2D eigenvalue weighted by Crippen LogP contribution is -2.40. The van der Waals surface area contributed by atoms with Crippen molar-refractivity contribution in [1.29, 1.82) is 0 Å². The molecule has 1 aliphatic heterocycles. The molecule has 0 spiro atoms. The van der Waals surface area contributed by atoms with E-state index in [-0.39, 0.29) is 17.7 Å². The minimum Gasteiger partial charge on any atom is -0.493 e. The summed E-state index contributed by atoms with van der Waals surface area (Å²) >= 11 is 12.0. The van der Waals surface area contributed by atoms with Gasteiger partial charge in [0.15, 0.2) is 16.3 Å². The van der Waals surface area contributed by atoms with Crippen molar-refractivity contribution in [2.75, 3.05) is 20.8 Å². The Labute approximate surface area is 318 Å². The number of carbonyl (C=O) groups excluding carboxylic acids is 1. The van der Waals surface area contributed by atoms with Crippen LogP contribution in [-0.4, -0.2) is 31.4 Å². The lowest BCUT2D eigenvalue weighted by molar-refractivity contribution is -0.138. The number of carbonyl (C=O) groups is 1. The number of thiazole rings is 1. The lowest BCUT2D eigenvalue weighted by Gasteiger charge is -2.26. The fraction of sp³-hybridized carbons (Fsp3) is 0.162. The van der Waals surface area contributed by atoms with Crippen LogP contribution in [-0.2, 0) is 16.1 Å². The van der Waals surface area contributed by atoms with Crippen LogP contribution in [0.2, 0.25) is 5.02 Å². The van der Waals surface area contributed by atoms with Crippen LogP contribution in [0.5, 0.6) is 17.2 Å². The lowest BCUT2D eigenvalue weighted by atomic mass is 9.93. The monoisotopic (exact) mass is 918 g/mol. The quantitative estimate of drug-likeness (QED) is 0.107. The summed E-state index contributed by atoms with van der Waals surface area (Å²) in [7, 11) is 3.09. The molecule has 0 saturated heterocycles. The van der Waals surface area contributed by atoms with Crippen LogP contribution in [0, 0.1) is 7.14 Å². The number of fused-ring (bicyclic) bond motifs is 1. The normalized spacial score (nSPS) is 14.2. The topological polar surface area (TPSA) is 88.4 Å². The molecule has 250 valence electrons. The van der Waals surface area contributed by atoms with Gasteiger partial charge in [0.25, 0.3) is 5.56 Å². The third kappa shape index (κ3) is 7.44. The van der Waals surface area contributed by atoms with E-state index in [2.05, 4.69) is 45.2 Å². The molecule has 6 rings (SSSR count). The zero-order valence-corrected chi connectivity index (χ0v) is 32.4. The van der Waals surface area contributed by atoms with E-state index in [0.29, 0.717) is 49.5 Å². The van der Waals surface area contributed by atoms with Gasteiger partial charge in [-0.05, 0) is 106 Å². The van der Waals surface area contributed by atoms with Gasteiger partial charge >= 0.3 is 5.97 Å². The molecule has 0 fully saturated rings. The molecular weight excluding hydrogens is 890 g/mol. The minimum absolute atomic E-state index is 0.150. The molecule has 1 aliphatic rings. The van der Waals surface area contributed by atoms with Crippen molar-refractivity contribution in [3.63, 3.8) is 0 Å². The highest BCUT2D eigenvalue weighted by atomic mass is 127. The van der Waals surface area contributed by atoms with Crippen molar-refractivity contribution in [3.8, 4) is 17.2 Å². The summed E-state index contributed by atoms with van der Waals surface area (Å²) in [6.45, 7) is 2.19. The van der Waals surface area contributed by atoms with Gasteiger partial charge < -0.3 is 18.9 Å². The molecule has 0 aliphatic carbocycles. The summed E-state index contributed by atoms with van der Waals surface area (Å²) in [4.78, 5) is 33.8. The second-order valence-corrected chi connectivity index (χ2v) is 14.6. The minimum atomic E-state index is -0.873. The number of hydrogen-bond acceptors (Lipinski definition) is 8. The van der Waals surface area contributed by atoms with Crippen molar-refractivity contribution in [2.24, 2.45) is 4.99 Å². The van der Waals surface area contributed by atoms with Crippen LogP contribution in [0.3, 0.4) is 0 Å². The number of halogens is 3. The molecule has 49 heavy (non-hydrogen) atoms. The summed E-state index contributed by atoms with van der Waals surface area (Å²) in [5, 5.41) is 0.626. The van der Waals surface area contributed by atoms with Crippen LogP contribution in [0.25, 0.3) is 11.8 Å². The van der Waals surface area contributed by atoms with Crippen molar-refractivity contribution < 1.29 is 23.7 Å². The Morgan fingerprint density at radius 3 is 2.47 bits per heavy atom. The first-order valence-electron chi connectivity index (χ1n) is 15.1. The largest absolute Gasteiger partial charge is 0.493 e. The number of nitrogens with zero attached hydrogens (tertiary/aromatic N) is 2. The SMILES string of the molecule is CCOC(=O)C1=C(c2ccccc2)N=c2s/c(=C\c3cc(I)cc(I)c3OCc3cccc(Cl)c3)c(=O)n2[C@@H]1c1ccc(OC)c(OC)c1. The van der Waals surface area contributed by atoms with Crippen LogP contribution < -0.4 is 29.1 Å². The fourth-order valence-electron chi connectivity index (χ4n) is 5.54. The van der Waals surface area contributed by atoms with Crippen molar-refractivity contribution in [1.82, 2.24) is 4.57 Å².